The Morgan fingerprint density at radius 2 is 2.14 bits per heavy atom. The molecule has 0 unspecified atom stereocenters. The van der Waals surface area contributed by atoms with Crippen LogP contribution in [0.15, 0.2) is 35.4 Å². The van der Waals surface area contributed by atoms with Crippen LogP contribution in [0.4, 0.5) is 11.6 Å². The number of carbonyl (C=O) groups is 1. The van der Waals surface area contributed by atoms with Gasteiger partial charge in [-0.3, -0.25) is 14.9 Å². The molecule has 0 aliphatic carbocycles. The van der Waals surface area contributed by atoms with Gasteiger partial charge >= 0.3 is 0 Å². The number of ether oxygens (including phenoxy) is 2. The van der Waals surface area contributed by atoms with Crippen LogP contribution in [-0.2, 0) is 9.53 Å². The van der Waals surface area contributed by atoms with Crippen molar-refractivity contribution in [2.45, 2.75) is 6.92 Å². The predicted molar refractivity (Wildman–Crippen MR) is 104 cm³/mol. The first-order valence-electron chi connectivity index (χ1n) is 8.89. The second-order valence-corrected chi connectivity index (χ2v) is 6.14. The van der Waals surface area contributed by atoms with Gasteiger partial charge in [-0.15, -0.1) is 0 Å². The molecule has 11 nitrogen and oxygen atoms in total. The molecule has 2 aromatic rings. The number of hydrogen-bond donors (Lipinski definition) is 1. The van der Waals surface area contributed by atoms with E-state index in [0.717, 1.165) is 0 Å². The molecule has 1 N–H and O–H groups in total. The van der Waals surface area contributed by atoms with Gasteiger partial charge in [-0.1, -0.05) is 12.1 Å². The van der Waals surface area contributed by atoms with Crippen molar-refractivity contribution in [2.24, 2.45) is 5.10 Å². The van der Waals surface area contributed by atoms with E-state index in [9.17, 15) is 14.9 Å². The number of anilines is 1. The number of aromatic nitrogens is 2. The molecule has 11 heteroatoms. The molecule has 29 heavy (non-hydrogen) atoms. The van der Waals surface area contributed by atoms with E-state index in [4.69, 9.17) is 9.47 Å². The molecule has 0 spiro atoms. The molecule has 1 aliphatic rings. The number of carbonyl (C=O) groups excluding carboxylic acids is 1. The molecule has 1 fully saturated rings. The van der Waals surface area contributed by atoms with Crippen LogP contribution in [0.25, 0.3) is 0 Å². The van der Waals surface area contributed by atoms with E-state index in [-0.39, 0.29) is 23.7 Å². The van der Waals surface area contributed by atoms with E-state index < -0.39 is 10.8 Å². The lowest BCUT2D eigenvalue weighted by molar-refractivity contribution is -0.385. The summed E-state index contributed by atoms with van der Waals surface area (Å²) < 4.78 is 10.8. The third kappa shape index (κ3) is 5.69. The lowest BCUT2D eigenvalue weighted by Crippen LogP contribution is -2.37. The van der Waals surface area contributed by atoms with Gasteiger partial charge in [0.05, 0.1) is 29.9 Å². The third-order valence-corrected chi connectivity index (χ3v) is 3.99. The molecule has 0 saturated carbocycles. The zero-order valence-corrected chi connectivity index (χ0v) is 15.8. The molecule has 152 valence electrons. The van der Waals surface area contributed by atoms with Gasteiger partial charge < -0.3 is 14.4 Å². The van der Waals surface area contributed by atoms with Gasteiger partial charge in [0.15, 0.2) is 6.61 Å². The Kier molecular flexibility index (Phi) is 6.63. The molecule has 0 bridgehead atoms. The highest BCUT2D eigenvalue weighted by Gasteiger charge is 2.16. The van der Waals surface area contributed by atoms with Crippen LogP contribution in [-0.4, -0.2) is 59.9 Å². The van der Waals surface area contributed by atoms with Crippen LogP contribution >= 0.6 is 0 Å². The summed E-state index contributed by atoms with van der Waals surface area (Å²) in [6.45, 7) is 4.08. The zero-order chi connectivity index (χ0) is 20.6. The summed E-state index contributed by atoms with van der Waals surface area (Å²) >= 11 is 0. The molecule has 1 amide bonds. The van der Waals surface area contributed by atoms with Crippen LogP contribution in [0.2, 0.25) is 0 Å². The van der Waals surface area contributed by atoms with Crippen molar-refractivity contribution in [1.29, 1.82) is 0 Å². The van der Waals surface area contributed by atoms with Crippen LogP contribution < -0.4 is 15.1 Å². The fraction of sp³-hybridized carbons (Fsp3) is 0.333. The van der Waals surface area contributed by atoms with Gasteiger partial charge in [0.25, 0.3) is 11.6 Å². The molecule has 0 atom stereocenters. The lowest BCUT2D eigenvalue weighted by Gasteiger charge is -2.27. The second-order valence-electron chi connectivity index (χ2n) is 6.14. The minimum absolute atomic E-state index is 0.103. The van der Waals surface area contributed by atoms with Crippen molar-refractivity contribution in [1.82, 2.24) is 15.4 Å². The van der Waals surface area contributed by atoms with E-state index in [1.54, 1.807) is 18.2 Å². The Balaban J connectivity index is 1.55. The summed E-state index contributed by atoms with van der Waals surface area (Å²) in [7, 11) is 0. The number of para-hydroxylation sites is 1. The Hall–Kier alpha value is -3.60. The molecular formula is C18H20N6O5. The van der Waals surface area contributed by atoms with E-state index in [1.807, 2.05) is 11.8 Å². The highest BCUT2D eigenvalue weighted by molar-refractivity contribution is 5.86. The maximum Gasteiger partial charge on any atom is 0.278 e. The zero-order valence-electron chi connectivity index (χ0n) is 15.8. The summed E-state index contributed by atoms with van der Waals surface area (Å²) in [4.78, 5) is 33.1. The Labute approximate surface area is 166 Å². The van der Waals surface area contributed by atoms with Gasteiger partial charge in [0.2, 0.25) is 11.8 Å². The fourth-order valence-electron chi connectivity index (χ4n) is 2.61. The van der Waals surface area contributed by atoms with E-state index >= 15 is 0 Å². The summed E-state index contributed by atoms with van der Waals surface area (Å²) in [5, 5.41) is 14.7. The average Bonchev–Trinajstić information content (AvgIpc) is 2.73. The number of nitrogens with one attached hydrogen (secondary N) is 1. The van der Waals surface area contributed by atoms with Crippen molar-refractivity contribution in [3.63, 3.8) is 0 Å². The number of nitro benzene ring substituents is 1. The standard InChI is InChI=1S/C18H20N6O5/c1-13-10-17(21-18(20-13)23-6-8-28-9-7-23)29-12-16(25)22-19-11-14-4-2-3-5-15(14)24(26)27/h2-5,10-11H,6-9,12H2,1H3,(H,22,25). The Morgan fingerprint density at radius 3 is 2.90 bits per heavy atom. The smallest absolute Gasteiger partial charge is 0.278 e. The van der Waals surface area contributed by atoms with Crippen molar-refractivity contribution in [3.8, 4) is 5.88 Å². The highest BCUT2D eigenvalue weighted by Crippen LogP contribution is 2.17. The summed E-state index contributed by atoms with van der Waals surface area (Å²) in [6.07, 6.45) is 1.21. The highest BCUT2D eigenvalue weighted by atomic mass is 16.6. The number of rotatable bonds is 7. The predicted octanol–water partition coefficient (Wildman–Crippen LogP) is 1.06. The van der Waals surface area contributed by atoms with Gasteiger partial charge in [0.1, 0.15) is 0 Å². The Bertz CT molecular complexity index is 913. The number of nitrogens with zero attached hydrogens (tertiary/aromatic N) is 5. The van der Waals surface area contributed by atoms with E-state index in [2.05, 4.69) is 20.5 Å². The van der Waals surface area contributed by atoms with Crippen molar-refractivity contribution < 1.29 is 19.2 Å². The first-order chi connectivity index (χ1) is 14.0. The third-order valence-electron chi connectivity index (χ3n) is 3.99. The van der Waals surface area contributed by atoms with Crippen molar-refractivity contribution >= 4 is 23.8 Å². The number of hydrazone groups is 1. The average molecular weight is 400 g/mol. The fourth-order valence-corrected chi connectivity index (χ4v) is 2.61. The lowest BCUT2D eigenvalue weighted by atomic mass is 10.2. The van der Waals surface area contributed by atoms with Gasteiger partial charge in [0, 0.05) is 30.9 Å². The number of amides is 1. The molecule has 3 rings (SSSR count). The second kappa shape index (κ2) is 9.55. The normalized spacial score (nSPS) is 14.0. The van der Waals surface area contributed by atoms with Gasteiger partial charge in [-0.25, -0.2) is 10.4 Å². The summed E-state index contributed by atoms with van der Waals surface area (Å²) in [5.41, 5.74) is 3.16. The summed E-state index contributed by atoms with van der Waals surface area (Å²) in [6, 6.07) is 7.71. The number of aryl methyl sites for hydroxylation is 1. The minimum atomic E-state index is -0.524. The first-order valence-corrected chi connectivity index (χ1v) is 8.89. The molecule has 1 saturated heterocycles. The van der Waals surface area contributed by atoms with Gasteiger partial charge in [-0.05, 0) is 13.0 Å². The van der Waals surface area contributed by atoms with Crippen LogP contribution in [0, 0.1) is 17.0 Å². The molecule has 2 heterocycles. The molecule has 1 aromatic carbocycles. The quantitative estimate of drug-likeness (QED) is 0.414. The maximum atomic E-state index is 11.9. The van der Waals surface area contributed by atoms with Crippen molar-refractivity contribution in [2.75, 3.05) is 37.8 Å². The molecule has 1 aliphatic heterocycles. The topological polar surface area (TPSA) is 132 Å². The van der Waals surface area contributed by atoms with Crippen LogP contribution in [0.1, 0.15) is 11.3 Å². The van der Waals surface area contributed by atoms with Crippen molar-refractivity contribution in [3.05, 3.63) is 51.7 Å². The monoisotopic (exact) mass is 400 g/mol. The molecular weight excluding hydrogens is 380 g/mol. The summed E-state index contributed by atoms with van der Waals surface area (Å²) in [5.74, 6) is 0.277. The van der Waals surface area contributed by atoms with Gasteiger partial charge in [-0.2, -0.15) is 10.1 Å². The minimum Gasteiger partial charge on any atom is -0.467 e. The van der Waals surface area contributed by atoms with Crippen LogP contribution in [0.3, 0.4) is 0 Å². The molecule has 0 radical (unpaired) electrons. The van der Waals surface area contributed by atoms with Crippen LogP contribution in [0.5, 0.6) is 5.88 Å². The number of hydrogen-bond acceptors (Lipinski definition) is 9. The van der Waals surface area contributed by atoms with E-state index in [0.29, 0.717) is 37.9 Å². The molecule has 1 aromatic heterocycles. The Morgan fingerprint density at radius 1 is 1.38 bits per heavy atom. The first kappa shape index (κ1) is 20.1. The number of nitro groups is 1. The number of benzene rings is 1. The van der Waals surface area contributed by atoms with E-state index in [1.165, 1.54) is 18.3 Å². The maximum absolute atomic E-state index is 11.9. The largest absolute Gasteiger partial charge is 0.467 e. The SMILES string of the molecule is Cc1cc(OCC(=O)NN=Cc2ccccc2[N+](=O)[O-])nc(N2CCOCC2)n1. The number of morpholine rings is 1.